The Hall–Kier alpha value is -1.69. The Morgan fingerprint density at radius 1 is 1.38 bits per heavy atom. The molecule has 2 amide bonds. The lowest BCUT2D eigenvalue weighted by molar-refractivity contribution is -0.163. The molecule has 86 valence electrons. The second kappa shape index (κ2) is 3.71. The van der Waals surface area contributed by atoms with Gasteiger partial charge in [0.25, 0.3) is 11.8 Å². The van der Waals surface area contributed by atoms with Crippen LogP contribution in [0.25, 0.3) is 0 Å². The number of imide groups is 1. The molecule has 2 heterocycles. The Morgan fingerprint density at radius 3 is 2.44 bits per heavy atom. The normalized spacial score (nSPS) is 29.9. The summed E-state index contributed by atoms with van der Waals surface area (Å²) in [6, 6.07) is 0. The van der Waals surface area contributed by atoms with Gasteiger partial charge >= 0.3 is 5.97 Å². The molecule has 0 aromatic rings. The SMILES string of the molecule is O=C1C=CC(=O)N1C1(C(=O)O)CCCNC1. The smallest absolute Gasteiger partial charge is 0.331 e. The van der Waals surface area contributed by atoms with Crippen LogP contribution in [0.5, 0.6) is 0 Å². The van der Waals surface area contributed by atoms with E-state index in [1.807, 2.05) is 0 Å². The van der Waals surface area contributed by atoms with E-state index in [1.54, 1.807) is 0 Å². The van der Waals surface area contributed by atoms with Crippen LogP contribution in [0.1, 0.15) is 12.8 Å². The number of nitrogens with one attached hydrogen (secondary N) is 1. The molecule has 0 spiro atoms. The predicted octanol–water partition coefficient (Wildman–Crippen LogP) is -0.882. The Balaban J connectivity index is 2.36. The third-order valence-corrected chi connectivity index (χ3v) is 3.00. The number of nitrogens with zero attached hydrogens (tertiary/aromatic N) is 1. The number of amides is 2. The number of hydrogen-bond donors (Lipinski definition) is 2. The fourth-order valence-electron chi connectivity index (χ4n) is 2.18. The average molecular weight is 224 g/mol. The quantitative estimate of drug-likeness (QED) is 0.595. The van der Waals surface area contributed by atoms with Gasteiger partial charge in [0, 0.05) is 18.7 Å². The van der Waals surface area contributed by atoms with Crippen molar-refractivity contribution in [3.05, 3.63) is 12.2 Å². The van der Waals surface area contributed by atoms with Crippen LogP contribution in [0, 0.1) is 0 Å². The number of hydrogen-bond acceptors (Lipinski definition) is 4. The van der Waals surface area contributed by atoms with E-state index >= 15 is 0 Å². The first-order valence-electron chi connectivity index (χ1n) is 5.08. The van der Waals surface area contributed by atoms with Gasteiger partial charge in [-0.1, -0.05) is 0 Å². The van der Waals surface area contributed by atoms with Crippen molar-refractivity contribution in [1.29, 1.82) is 0 Å². The summed E-state index contributed by atoms with van der Waals surface area (Å²) in [7, 11) is 0. The highest BCUT2D eigenvalue weighted by Gasteiger charge is 2.50. The standard InChI is InChI=1S/C10H12N2O4/c13-7-2-3-8(14)12(7)10(9(15)16)4-1-5-11-6-10/h2-3,11H,1,4-6H2,(H,15,16). The number of carboxylic acids is 1. The van der Waals surface area contributed by atoms with Crippen LogP contribution >= 0.6 is 0 Å². The van der Waals surface area contributed by atoms with Crippen molar-refractivity contribution >= 4 is 17.8 Å². The molecule has 16 heavy (non-hydrogen) atoms. The zero-order valence-corrected chi connectivity index (χ0v) is 8.60. The Labute approximate surface area is 91.9 Å². The maximum Gasteiger partial charge on any atom is 0.331 e. The van der Waals surface area contributed by atoms with Gasteiger partial charge in [-0.2, -0.15) is 0 Å². The summed E-state index contributed by atoms with van der Waals surface area (Å²) in [6.07, 6.45) is 3.15. The number of rotatable bonds is 2. The van der Waals surface area contributed by atoms with E-state index in [-0.39, 0.29) is 6.54 Å². The first-order chi connectivity index (χ1) is 7.58. The molecule has 6 heteroatoms. The zero-order chi connectivity index (χ0) is 11.8. The number of piperidine rings is 1. The second-order valence-electron chi connectivity index (χ2n) is 3.96. The molecule has 6 nitrogen and oxygen atoms in total. The number of carbonyl (C=O) groups is 3. The van der Waals surface area contributed by atoms with E-state index in [0.29, 0.717) is 19.4 Å². The molecule has 1 atom stereocenters. The van der Waals surface area contributed by atoms with Crippen LogP contribution in [0.4, 0.5) is 0 Å². The minimum atomic E-state index is -1.42. The van der Waals surface area contributed by atoms with Gasteiger partial charge in [-0.25, -0.2) is 4.79 Å². The highest BCUT2D eigenvalue weighted by atomic mass is 16.4. The molecule has 2 aliphatic rings. The fourth-order valence-corrected chi connectivity index (χ4v) is 2.18. The summed E-state index contributed by atoms with van der Waals surface area (Å²) < 4.78 is 0. The van der Waals surface area contributed by atoms with Gasteiger partial charge < -0.3 is 10.4 Å². The highest BCUT2D eigenvalue weighted by Crippen LogP contribution is 2.27. The minimum Gasteiger partial charge on any atom is -0.479 e. The van der Waals surface area contributed by atoms with Crippen molar-refractivity contribution in [3.8, 4) is 0 Å². The summed E-state index contributed by atoms with van der Waals surface area (Å²) in [5, 5.41) is 12.2. The van der Waals surface area contributed by atoms with Crippen molar-refractivity contribution in [2.45, 2.75) is 18.4 Å². The van der Waals surface area contributed by atoms with Gasteiger partial charge in [-0.15, -0.1) is 0 Å². The predicted molar refractivity (Wildman–Crippen MR) is 53.5 cm³/mol. The van der Waals surface area contributed by atoms with Gasteiger partial charge in [-0.05, 0) is 19.4 Å². The topological polar surface area (TPSA) is 86.7 Å². The Kier molecular flexibility index (Phi) is 2.51. The van der Waals surface area contributed by atoms with Crippen molar-refractivity contribution in [3.63, 3.8) is 0 Å². The van der Waals surface area contributed by atoms with Crippen LogP contribution in [0.15, 0.2) is 12.2 Å². The molecule has 2 N–H and O–H groups in total. The summed E-state index contributed by atoms with van der Waals surface area (Å²) in [4.78, 5) is 35.2. The Bertz CT molecular complexity index is 364. The monoisotopic (exact) mass is 224 g/mol. The summed E-state index contributed by atoms with van der Waals surface area (Å²) in [6.45, 7) is 0.820. The van der Waals surface area contributed by atoms with Crippen molar-refractivity contribution in [2.24, 2.45) is 0 Å². The van der Waals surface area contributed by atoms with Crippen molar-refractivity contribution in [2.75, 3.05) is 13.1 Å². The molecule has 1 fully saturated rings. The van der Waals surface area contributed by atoms with E-state index in [4.69, 9.17) is 0 Å². The van der Waals surface area contributed by atoms with Gasteiger partial charge in [0.15, 0.2) is 5.54 Å². The lowest BCUT2D eigenvalue weighted by atomic mass is 9.88. The van der Waals surface area contributed by atoms with Crippen LogP contribution < -0.4 is 5.32 Å². The molecule has 1 unspecified atom stereocenters. The van der Waals surface area contributed by atoms with Crippen LogP contribution in [-0.2, 0) is 14.4 Å². The van der Waals surface area contributed by atoms with Crippen molar-refractivity contribution in [1.82, 2.24) is 10.2 Å². The maximum atomic E-state index is 11.5. The van der Waals surface area contributed by atoms with Crippen LogP contribution in [-0.4, -0.2) is 46.4 Å². The molecule has 0 aliphatic carbocycles. The molecule has 0 aromatic carbocycles. The van der Waals surface area contributed by atoms with Crippen LogP contribution in [0.3, 0.4) is 0 Å². The second-order valence-corrected chi connectivity index (χ2v) is 3.96. The Morgan fingerprint density at radius 2 is 2.00 bits per heavy atom. The summed E-state index contributed by atoms with van der Waals surface area (Å²) in [5.74, 6) is -2.22. The minimum absolute atomic E-state index is 0.113. The molecular weight excluding hydrogens is 212 g/mol. The third-order valence-electron chi connectivity index (χ3n) is 3.00. The van der Waals surface area contributed by atoms with Gasteiger partial charge in [-0.3, -0.25) is 14.5 Å². The van der Waals surface area contributed by atoms with Gasteiger partial charge in [0.2, 0.25) is 0 Å². The van der Waals surface area contributed by atoms with E-state index in [1.165, 1.54) is 0 Å². The van der Waals surface area contributed by atoms with E-state index in [2.05, 4.69) is 5.32 Å². The van der Waals surface area contributed by atoms with Crippen LogP contribution in [0.2, 0.25) is 0 Å². The maximum absolute atomic E-state index is 11.5. The lowest BCUT2D eigenvalue weighted by Gasteiger charge is -2.39. The molecule has 0 aromatic heterocycles. The largest absolute Gasteiger partial charge is 0.479 e. The molecular formula is C10H12N2O4. The summed E-state index contributed by atoms with van der Waals surface area (Å²) in [5.41, 5.74) is -1.42. The average Bonchev–Trinajstić information content (AvgIpc) is 2.60. The number of carbonyl (C=O) groups excluding carboxylic acids is 2. The highest BCUT2D eigenvalue weighted by molar-refractivity contribution is 6.15. The van der Waals surface area contributed by atoms with E-state index < -0.39 is 23.3 Å². The lowest BCUT2D eigenvalue weighted by Crippen LogP contribution is -2.64. The van der Waals surface area contributed by atoms with Gasteiger partial charge in [0.1, 0.15) is 0 Å². The summed E-state index contributed by atoms with van der Waals surface area (Å²) >= 11 is 0. The first kappa shape index (κ1) is 10.8. The molecule has 0 radical (unpaired) electrons. The zero-order valence-electron chi connectivity index (χ0n) is 8.60. The molecule has 1 saturated heterocycles. The number of carboxylic acid groups (broad SMARTS) is 1. The van der Waals surface area contributed by atoms with Gasteiger partial charge in [0.05, 0.1) is 0 Å². The van der Waals surface area contributed by atoms with E-state index in [0.717, 1.165) is 17.1 Å². The van der Waals surface area contributed by atoms with Crippen molar-refractivity contribution < 1.29 is 19.5 Å². The number of aliphatic carboxylic acids is 1. The molecule has 0 bridgehead atoms. The first-order valence-corrected chi connectivity index (χ1v) is 5.08. The molecule has 2 rings (SSSR count). The fraction of sp³-hybridized carbons (Fsp3) is 0.500. The third kappa shape index (κ3) is 1.42. The molecule has 2 aliphatic heterocycles. The molecule has 0 saturated carbocycles. The van der Waals surface area contributed by atoms with E-state index in [9.17, 15) is 19.5 Å².